The van der Waals surface area contributed by atoms with Gasteiger partial charge >= 0.3 is 0 Å². The summed E-state index contributed by atoms with van der Waals surface area (Å²) in [5.74, 6) is 0.855. The van der Waals surface area contributed by atoms with Crippen molar-refractivity contribution in [1.29, 1.82) is 0 Å². The molecule has 0 aliphatic carbocycles. The fraction of sp³-hybridized carbons (Fsp3) is 0.267. The van der Waals surface area contributed by atoms with Gasteiger partial charge in [-0.25, -0.2) is 0 Å². The molecular formula is C15H18ClN3S. The van der Waals surface area contributed by atoms with E-state index in [0.717, 1.165) is 33.5 Å². The van der Waals surface area contributed by atoms with E-state index >= 15 is 0 Å². The van der Waals surface area contributed by atoms with Gasteiger partial charge in [0.25, 0.3) is 0 Å². The van der Waals surface area contributed by atoms with E-state index in [4.69, 9.17) is 17.3 Å². The van der Waals surface area contributed by atoms with Crippen molar-refractivity contribution in [3.05, 3.63) is 53.3 Å². The third-order valence-electron chi connectivity index (χ3n) is 2.96. The van der Waals surface area contributed by atoms with E-state index in [1.165, 1.54) is 0 Å². The molecule has 0 bridgehead atoms. The van der Waals surface area contributed by atoms with Crippen LogP contribution in [-0.4, -0.2) is 17.3 Å². The van der Waals surface area contributed by atoms with Crippen LogP contribution in [0.1, 0.15) is 18.5 Å². The minimum Gasteiger partial charge on any atom is -0.398 e. The standard InChI is InChI=1S/C15H18ClN3S/c1-2-19-14(11-9-18-8-7-13(11)17)10-20-15-6-4-3-5-12(15)16/h3-9,14,19H,2,10H2,1H3,(H2,17,18). The lowest BCUT2D eigenvalue weighted by Gasteiger charge is -2.19. The number of halogens is 1. The SMILES string of the molecule is CCNC(CSc1ccccc1Cl)c1cnccc1N. The molecule has 3 nitrogen and oxygen atoms in total. The normalized spacial score (nSPS) is 12.3. The Morgan fingerprint density at radius 2 is 2.15 bits per heavy atom. The molecule has 106 valence electrons. The molecule has 0 aliphatic heterocycles. The van der Waals surface area contributed by atoms with Crippen molar-refractivity contribution in [2.45, 2.75) is 17.9 Å². The Morgan fingerprint density at radius 3 is 2.85 bits per heavy atom. The molecule has 1 unspecified atom stereocenters. The van der Waals surface area contributed by atoms with Crippen LogP contribution in [0, 0.1) is 0 Å². The van der Waals surface area contributed by atoms with Crippen LogP contribution >= 0.6 is 23.4 Å². The number of hydrogen-bond donors (Lipinski definition) is 2. The summed E-state index contributed by atoms with van der Waals surface area (Å²) in [5, 5.41) is 4.23. The number of aromatic nitrogens is 1. The maximum Gasteiger partial charge on any atom is 0.0541 e. The first kappa shape index (κ1) is 15.2. The van der Waals surface area contributed by atoms with Gasteiger partial charge in [0.15, 0.2) is 0 Å². The fourth-order valence-corrected chi connectivity index (χ4v) is 3.27. The first-order valence-corrected chi connectivity index (χ1v) is 7.88. The number of nitrogens with two attached hydrogens (primary N) is 1. The second-order valence-electron chi connectivity index (χ2n) is 4.36. The Morgan fingerprint density at radius 1 is 1.35 bits per heavy atom. The van der Waals surface area contributed by atoms with Crippen molar-refractivity contribution in [3.8, 4) is 0 Å². The summed E-state index contributed by atoms with van der Waals surface area (Å²) in [6, 6.07) is 9.87. The van der Waals surface area contributed by atoms with E-state index in [1.54, 1.807) is 18.0 Å². The summed E-state index contributed by atoms with van der Waals surface area (Å²) >= 11 is 7.90. The smallest absolute Gasteiger partial charge is 0.0541 e. The molecule has 0 amide bonds. The van der Waals surface area contributed by atoms with Crippen molar-refractivity contribution < 1.29 is 0 Å². The molecule has 1 heterocycles. The maximum atomic E-state index is 6.18. The van der Waals surface area contributed by atoms with Gasteiger partial charge in [-0.2, -0.15) is 0 Å². The summed E-state index contributed by atoms with van der Waals surface area (Å²) in [6.45, 7) is 2.96. The zero-order valence-corrected chi connectivity index (χ0v) is 12.9. The highest BCUT2D eigenvalue weighted by Crippen LogP contribution is 2.31. The van der Waals surface area contributed by atoms with Gasteiger partial charge in [0, 0.05) is 40.3 Å². The molecule has 2 rings (SSSR count). The first-order valence-electron chi connectivity index (χ1n) is 6.52. The van der Waals surface area contributed by atoms with Crippen LogP contribution in [0.25, 0.3) is 0 Å². The van der Waals surface area contributed by atoms with Gasteiger partial charge < -0.3 is 11.1 Å². The molecule has 0 saturated heterocycles. The van der Waals surface area contributed by atoms with E-state index < -0.39 is 0 Å². The topological polar surface area (TPSA) is 50.9 Å². The van der Waals surface area contributed by atoms with Crippen molar-refractivity contribution >= 4 is 29.1 Å². The number of anilines is 1. The van der Waals surface area contributed by atoms with Gasteiger partial charge in [-0.15, -0.1) is 11.8 Å². The minimum absolute atomic E-state index is 0.162. The summed E-state index contributed by atoms with van der Waals surface area (Å²) in [7, 11) is 0. The number of nitrogens with zero attached hydrogens (tertiary/aromatic N) is 1. The molecule has 0 radical (unpaired) electrons. The highest BCUT2D eigenvalue weighted by Gasteiger charge is 2.14. The molecule has 1 atom stereocenters. The number of pyridine rings is 1. The van der Waals surface area contributed by atoms with Crippen LogP contribution < -0.4 is 11.1 Å². The first-order chi connectivity index (χ1) is 9.72. The van der Waals surface area contributed by atoms with Gasteiger partial charge in [0.05, 0.1) is 5.02 Å². The molecule has 1 aromatic heterocycles. The van der Waals surface area contributed by atoms with Gasteiger partial charge in [0.1, 0.15) is 0 Å². The zero-order chi connectivity index (χ0) is 14.4. The predicted molar refractivity (Wildman–Crippen MR) is 87.2 cm³/mol. The number of hydrogen-bond acceptors (Lipinski definition) is 4. The van der Waals surface area contributed by atoms with Crippen LogP contribution in [0.2, 0.25) is 5.02 Å². The highest BCUT2D eigenvalue weighted by molar-refractivity contribution is 7.99. The minimum atomic E-state index is 0.162. The lowest BCUT2D eigenvalue weighted by molar-refractivity contribution is 0.605. The number of nitrogen functional groups attached to an aromatic ring is 1. The summed E-state index contributed by atoms with van der Waals surface area (Å²) in [6.07, 6.45) is 3.54. The largest absolute Gasteiger partial charge is 0.398 e. The van der Waals surface area contributed by atoms with Crippen LogP contribution in [0.5, 0.6) is 0 Å². The molecular weight excluding hydrogens is 290 g/mol. The summed E-state index contributed by atoms with van der Waals surface area (Å²) < 4.78 is 0. The monoisotopic (exact) mass is 307 g/mol. The Hall–Kier alpha value is -1.23. The second kappa shape index (κ2) is 7.53. The highest BCUT2D eigenvalue weighted by atomic mass is 35.5. The van der Waals surface area contributed by atoms with Gasteiger partial charge in [0.2, 0.25) is 0 Å². The quantitative estimate of drug-likeness (QED) is 0.798. The molecule has 0 spiro atoms. The third-order valence-corrected chi connectivity index (χ3v) is 4.56. The third kappa shape index (κ3) is 3.88. The Kier molecular flexibility index (Phi) is 5.71. The fourth-order valence-electron chi connectivity index (χ4n) is 1.95. The van der Waals surface area contributed by atoms with Gasteiger partial charge in [-0.1, -0.05) is 30.7 Å². The van der Waals surface area contributed by atoms with E-state index in [9.17, 15) is 0 Å². The van der Waals surface area contributed by atoms with Crippen molar-refractivity contribution in [2.24, 2.45) is 0 Å². The zero-order valence-electron chi connectivity index (χ0n) is 11.3. The molecule has 0 saturated carbocycles. The maximum absolute atomic E-state index is 6.18. The molecule has 1 aromatic carbocycles. The number of benzene rings is 1. The predicted octanol–water partition coefficient (Wildman–Crippen LogP) is 3.76. The number of nitrogens with one attached hydrogen (secondary N) is 1. The van der Waals surface area contributed by atoms with Crippen molar-refractivity contribution in [1.82, 2.24) is 10.3 Å². The Balaban J connectivity index is 2.11. The lowest BCUT2D eigenvalue weighted by Crippen LogP contribution is -2.24. The molecule has 2 aromatic rings. The van der Waals surface area contributed by atoms with Crippen LogP contribution in [0.4, 0.5) is 5.69 Å². The molecule has 20 heavy (non-hydrogen) atoms. The Bertz CT molecular complexity index is 562. The van der Waals surface area contributed by atoms with Gasteiger partial charge in [-0.05, 0) is 24.7 Å². The van der Waals surface area contributed by atoms with Crippen LogP contribution in [0.3, 0.4) is 0 Å². The van der Waals surface area contributed by atoms with Crippen molar-refractivity contribution in [3.63, 3.8) is 0 Å². The van der Waals surface area contributed by atoms with E-state index in [-0.39, 0.29) is 6.04 Å². The van der Waals surface area contributed by atoms with E-state index in [0.29, 0.717) is 0 Å². The summed E-state index contributed by atoms with van der Waals surface area (Å²) in [5.41, 5.74) is 7.84. The Labute approximate surface area is 128 Å². The lowest BCUT2D eigenvalue weighted by atomic mass is 10.1. The number of thioether (sulfide) groups is 1. The van der Waals surface area contributed by atoms with Crippen LogP contribution in [0.15, 0.2) is 47.6 Å². The van der Waals surface area contributed by atoms with Gasteiger partial charge in [-0.3, -0.25) is 4.98 Å². The molecule has 3 N–H and O–H groups in total. The summed E-state index contributed by atoms with van der Waals surface area (Å²) in [4.78, 5) is 5.25. The molecule has 0 aliphatic rings. The average Bonchev–Trinajstić information content (AvgIpc) is 2.46. The van der Waals surface area contributed by atoms with Crippen LogP contribution in [-0.2, 0) is 0 Å². The van der Waals surface area contributed by atoms with E-state index in [1.807, 2.05) is 36.5 Å². The molecule has 0 fully saturated rings. The average molecular weight is 308 g/mol. The second-order valence-corrected chi connectivity index (χ2v) is 5.83. The number of rotatable bonds is 6. The van der Waals surface area contributed by atoms with E-state index in [2.05, 4.69) is 17.2 Å². The van der Waals surface area contributed by atoms with Crippen molar-refractivity contribution in [2.75, 3.05) is 18.0 Å². The molecule has 5 heteroatoms.